The lowest BCUT2D eigenvalue weighted by atomic mass is 9.79. The van der Waals surface area contributed by atoms with Crippen molar-refractivity contribution in [2.75, 3.05) is 23.9 Å². The van der Waals surface area contributed by atoms with Crippen LogP contribution in [0, 0.1) is 5.82 Å². The number of nitrogens with one attached hydrogen (secondary N) is 2. The van der Waals surface area contributed by atoms with Crippen LogP contribution in [0.3, 0.4) is 0 Å². The van der Waals surface area contributed by atoms with E-state index in [1.165, 1.54) is 23.2 Å². The number of carbonyl (C=O) groups excluding carboxylic acids is 2. The van der Waals surface area contributed by atoms with Gasteiger partial charge in [0.2, 0.25) is 5.91 Å². The highest BCUT2D eigenvalue weighted by molar-refractivity contribution is 6.59. The Morgan fingerprint density at radius 3 is 2.62 bits per heavy atom. The summed E-state index contributed by atoms with van der Waals surface area (Å²) in [4.78, 5) is 29.6. The maximum absolute atomic E-state index is 15.3. The van der Waals surface area contributed by atoms with Gasteiger partial charge in [-0.15, -0.1) is 0 Å². The number of urea groups is 1. The summed E-state index contributed by atoms with van der Waals surface area (Å²) in [5, 5.41) is 24.5. The molecule has 0 spiro atoms. The summed E-state index contributed by atoms with van der Waals surface area (Å²) in [5.74, 6) is -0.576. The van der Waals surface area contributed by atoms with Crippen LogP contribution < -0.4 is 25.7 Å². The lowest BCUT2D eigenvalue weighted by molar-refractivity contribution is -0.120. The van der Waals surface area contributed by atoms with E-state index in [0.29, 0.717) is 5.75 Å². The Kier molecular flexibility index (Phi) is 5.93. The summed E-state index contributed by atoms with van der Waals surface area (Å²) >= 11 is 0. The second-order valence-corrected chi connectivity index (χ2v) is 7.21. The first-order valence-corrected chi connectivity index (χ1v) is 9.84. The number of rotatable bonds is 6. The molecule has 0 unspecified atom stereocenters. The van der Waals surface area contributed by atoms with Crippen molar-refractivity contribution in [2.24, 2.45) is 0 Å². The van der Waals surface area contributed by atoms with Gasteiger partial charge in [0.05, 0.1) is 35.6 Å². The molecule has 164 valence electrons. The third kappa shape index (κ3) is 4.07. The van der Waals surface area contributed by atoms with E-state index in [1.54, 1.807) is 19.2 Å². The second-order valence-electron chi connectivity index (χ2n) is 7.21. The van der Waals surface area contributed by atoms with Crippen LogP contribution in [0.4, 0.5) is 20.6 Å². The third-order valence-electron chi connectivity index (χ3n) is 5.23. The molecule has 1 aromatic heterocycles. The minimum atomic E-state index is -2.02. The van der Waals surface area contributed by atoms with Crippen LogP contribution in [0.15, 0.2) is 42.6 Å². The van der Waals surface area contributed by atoms with Gasteiger partial charge in [0.25, 0.3) is 0 Å². The van der Waals surface area contributed by atoms with Crippen LogP contribution in [0.2, 0.25) is 0 Å². The molecule has 1 aliphatic heterocycles. The third-order valence-corrected chi connectivity index (χ3v) is 5.23. The molecule has 0 bridgehead atoms. The molecule has 11 heteroatoms. The topological polar surface area (TPSA) is 124 Å². The molecule has 0 saturated carbocycles. The number of fused-ring (bicyclic) bond motifs is 1. The maximum Gasteiger partial charge on any atom is 0.491 e. The van der Waals surface area contributed by atoms with Gasteiger partial charge in [-0.1, -0.05) is 18.2 Å². The van der Waals surface area contributed by atoms with Crippen molar-refractivity contribution in [1.82, 2.24) is 10.3 Å². The summed E-state index contributed by atoms with van der Waals surface area (Å²) in [6.07, 6.45) is 1.50. The molecular weight excluding hydrogens is 418 g/mol. The predicted octanol–water partition coefficient (Wildman–Crippen LogP) is 1.12. The van der Waals surface area contributed by atoms with Gasteiger partial charge in [-0.05, 0) is 23.8 Å². The van der Waals surface area contributed by atoms with Crippen LogP contribution in [0.25, 0.3) is 10.9 Å². The van der Waals surface area contributed by atoms with Crippen molar-refractivity contribution in [3.63, 3.8) is 0 Å². The number of ether oxygens (including phenoxy) is 1. The SMILES string of the molecule is COc1ccc(CNc2c(N3CCC(=O)NC3=O)cnc3ccc(B(O)O)c(F)c23)cc1. The number of benzene rings is 2. The number of hydrogen-bond donors (Lipinski definition) is 4. The summed E-state index contributed by atoms with van der Waals surface area (Å²) in [6, 6.07) is 9.30. The molecule has 3 amide bonds. The first-order valence-electron chi connectivity index (χ1n) is 9.84. The summed E-state index contributed by atoms with van der Waals surface area (Å²) in [5.41, 5.74) is 1.32. The van der Waals surface area contributed by atoms with Gasteiger partial charge in [-0.2, -0.15) is 0 Å². The molecule has 0 atom stereocenters. The Morgan fingerprint density at radius 2 is 1.97 bits per heavy atom. The Labute approximate surface area is 183 Å². The Morgan fingerprint density at radius 1 is 1.22 bits per heavy atom. The number of anilines is 2. The number of aromatic nitrogens is 1. The van der Waals surface area contributed by atoms with Crippen molar-refractivity contribution in [2.45, 2.75) is 13.0 Å². The van der Waals surface area contributed by atoms with E-state index in [-0.39, 0.29) is 47.3 Å². The van der Waals surface area contributed by atoms with Crippen LogP contribution in [-0.2, 0) is 11.3 Å². The van der Waals surface area contributed by atoms with Crippen molar-refractivity contribution < 1.29 is 28.8 Å². The monoisotopic (exact) mass is 438 g/mol. The van der Waals surface area contributed by atoms with Gasteiger partial charge in [0.15, 0.2) is 0 Å². The number of hydrogen-bond acceptors (Lipinski definition) is 7. The molecule has 0 aliphatic carbocycles. The molecule has 2 heterocycles. The molecule has 3 aromatic rings. The van der Waals surface area contributed by atoms with E-state index < -0.39 is 24.9 Å². The number of imide groups is 1. The van der Waals surface area contributed by atoms with Gasteiger partial charge in [-0.25, -0.2) is 9.18 Å². The number of nitrogens with zero attached hydrogens (tertiary/aromatic N) is 2. The number of amides is 3. The van der Waals surface area contributed by atoms with E-state index in [2.05, 4.69) is 15.6 Å². The Bertz CT molecular complexity index is 1190. The number of methoxy groups -OCH3 is 1. The lowest BCUT2D eigenvalue weighted by Crippen LogP contribution is -2.49. The summed E-state index contributed by atoms with van der Waals surface area (Å²) in [6.45, 7) is 0.370. The zero-order chi connectivity index (χ0) is 22.8. The highest BCUT2D eigenvalue weighted by Gasteiger charge is 2.29. The number of halogens is 1. The van der Waals surface area contributed by atoms with Gasteiger partial charge in [0, 0.05) is 25.0 Å². The first-order chi connectivity index (χ1) is 15.4. The van der Waals surface area contributed by atoms with Gasteiger partial charge in [-0.3, -0.25) is 20.0 Å². The minimum Gasteiger partial charge on any atom is -0.497 e. The zero-order valence-electron chi connectivity index (χ0n) is 17.1. The Hall–Kier alpha value is -3.70. The second kappa shape index (κ2) is 8.81. The van der Waals surface area contributed by atoms with E-state index >= 15 is 4.39 Å². The van der Waals surface area contributed by atoms with E-state index in [0.717, 1.165) is 5.56 Å². The zero-order valence-corrected chi connectivity index (χ0v) is 17.1. The molecule has 2 aromatic carbocycles. The van der Waals surface area contributed by atoms with E-state index in [1.807, 2.05) is 12.1 Å². The number of carbonyl (C=O) groups is 2. The smallest absolute Gasteiger partial charge is 0.491 e. The van der Waals surface area contributed by atoms with Crippen LogP contribution >= 0.6 is 0 Å². The molecule has 1 aliphatic rings. The highest BCUT2D eigenvalue weighted by atomic mass is 19.1. The first kappa shape index (κ1) is 21.5. The van der Waals surface area contributed by atoms with Gasteiger partial charge < -0.3 is 20.1 Å². The molecule has 9 nitrogen and oxygen atoms in total. The van der Waals surface area contributed by atoms with Crippen molar-refractivity contribution in [3.8, 4) is 5.75 Å². The fourth-order valence-corrected chi connectivity index (χ4v) is 3.56. The average molecular weight is 438 g/mol. The van der Waals surface area contributed by atoms with Crippen LogP contribution in [0.1, 0.15) is 12.0 Å². The summed E-state index contributed by atoms with van der Waals surface area (Å²) < 4.78 is 20.5. The summed E-state index contributed by atoms with van der Waals surface area (Å²) in [7, 11) is -0.458. The lowest BCUT2D eigenvalue weighted by Gasteiger charge is -2.29. The molecule has 4 rings (SSSR count). The van der Waals surface area contributed by atoms with Crippen LogP contribution in [-0.4, -0.2) is 47.7 Å². The highest BCUT2D eigenvalue weighted by Crippen LogP contribution is 2.35. The molecule has 32 heavy (non-hydrogen) atoms. The van der Waals surface area contributed by atoms with Gasteiger partial charge in [0.1, 0.15) is 11.6 Å². The molecule has 1 saturated heterocycles. The standard InChI is InChI=1S/C21H20BFN4O5/c1-32-13-4-2-12(3-5-13)10-25-20-16(27-9-8-17(28)26-21(27)29)11-24-15-7-6-14(22(30)31)19(23)18(15)20/h2-7,11,30-31H,8-10H2,1H3,(H,24,25)(H,26,28,29). The Balaban J connectivity index is 1.81. The van der Waals surface area contributed by atoms with Gasteiger partial charge >= 0.3 is 13.1 Å². The predicted molar refractivity (Wildman–Crippen MR) is 117 cm³/mol. The van der Waals surface area contributed by atoms with E-state index in [4.69, 9.17) is 4.74 Å². The average Bonchev–Trinajstić information content (AvgIpc) is 2.78. The van der Waals surface area contributed by atoms with Crippen LogP contribution in [0.5, 0.6) is 5.75 Å². The fourth-order valence-electron chi connectivity index (χ4n) is 3.56. The number of pyridine rings is 1. The normalized spacial score (nSPS) is 13.8. The maximum atomic E-state index is 15.3. The van der Waals surface area contributed by atoms with E-state index in [9.17, 15) is 19.6 Å². The molecular formula is C21H20BFN4O5. The fraction of sp³-hybridized carbons (Fsp3) is 0.190. The van der Waals surface area contributed by atoms with Crippen molar-refractivity contribution in [3.05, 3.63) is 54.0 Å². The largest absolute Gasteiger partial charge is 0.497 e. The quantitative estimate of drug-likeness (QED) is 0.426. The molecule has 4 N–H and O–H groups in total. The minimum absolute atomic E-state index is 0.00584. The molecule has 0 radical (unpaired) electrons. The molecule has 1 fully saturated rings. The van der Waals surface area contributed by atoms with Crippen molar-refractivity contribution >= 4 is 46.8 Å². The van der Waals surface area contributed by atoms with Crippen molar-refractivity contribution in [1.29, 1.82) is 0 Å².